The molecule has 0 saturated heterocycles. The number of hydrogen-bond acceptors (Lipinski definition) is 2. The number of hydrogen-bond donors (Lipinski definition) is 1. The van der Waals surface area contributed by atoms with Crippen molar-refractivity contribution in [2.45, 2.75) is 24.5 Å². The van der Waals surface area contributed by atoms with Gasteiger partial charge in [-0.3, -0.25) is 4.21 Å². The largest absolute Gasteiger partial charge is 0.478 e. The molecule has 0 aliphatic heterocycles. The zero-order chi connectivity index (χ0) is 15.6. The molecule has 110 valence electrons. The highest BCUT2D eigenvalue weighted by atomic mass is 35.5. The molecule has 0 aliphatic rings. The molecule has 1 unspecified atom stereocenters. The molecular weight excluding hydrogens is 308 g/mol. The summed E-state index contributed by atoms with van der Waals surface area (Å²) in [4.78, 5) is 11.6. The fraction of sp³-hybridized carbons (Fsp3) is 0.188. The number of aryl methyl sites for hydroxylation is 2. The van der Waals surface area contributed by atoms with Crippen LogP contribution in [0.25, 0.3) is 0 Å². The van der Waals surface area contributed by atoms with E-state index < -0.39 is 16.8 Å². The molecule has 1 N–H and O–H groups in total. The van der Waals surface area contributed by atoms with Gasteiger partial charge in [-0.2, -0.15) is 0 Å². The second kappa shape index (κ2) is 6.41. The molecule has 2 aromatic carbocycles. The third kappa shape index (κ3) is 3.52. The lowest BCUT2D eigenvalue weighted by Gasteiger charge is -2.10. The van der Waals surface area contributed by atoms with E-state index in [0.717, 1.165) is 16.7 Å². The minimum atomic E-state index is -1.31. The van der Waals surface area contributed by atoms with Gasteiger partial charge in [-0.1, -0.05) is 29.8 Å². The molecule has 21 heavy (non-hydrogen) atoms. The van der Waals surface area contributed by atoms with Crippen molar-refractivity contribution in [3.63, 3.8) is 0 Å². The summed E-state index contributed by atoms with van der Waals surface area (Å²) < 4.78 is 12.5. The maximum absolute atomic E-state index is 12.5. The van der Waals surface area contributed by atoms with E-state index in [1.54, 1.807) is 6.07 Å². The quantitative estimate of drug-likeness (QED) is 0.926. The molecule has 0 saturated carbocycles. The average molecular weight is 323 g/mol. The van der Waals surface area contributed by atoms with Gasteiger partial charge in [-0.15, -0.1) is 0 Å². The summed E-state index contributed by atoms with van der Waals surface area (Å²) in [6, 6.07) is 10.4. The van der Waals surface area contributed by atoms with E-state index in [4.69, 9.17) is 16.7 Å². The lowest BCUT2D eigenvalue weighted by atomic mass is 10.1. The van der Waals surface area contributed by atoms with Crippen molar-refractivity contribution in [1.82, 2.24) is 0 Å². The fourth-order valence-electron chi connectivity index (χ4n) is 2.10. The Bertz CT molecular complexity index is 705. The number of halogens is 1. The Hall–Kier alpha value is -1.65. The third-order valence-corrected chi connectivity index (χ3v) is 5.01. The molecule has 3 nitrogen and oxygen atoms in total. The smallest absolute Gasteiger partial charge is 0.337 e. The zero-order valence-electron chi connectivity index (χ0n) is 11.7. The van der Waals surface area contributed by atoms with E-state index in [-0.39, 0.29) is 10.6 Å². The van der Waals surface area contributed by atoms with Crippen LogP contribution in [0.3, 0.4) is 0 Å². The van der Waals surface area contributed by atoms with Gasteiger partial charge in [-0.05, 0) is 48.7 Å². The predicted molar refractivity (Wildman–Crippen MR) is 84.4 cm³/mol. The van der Waals surface area contributed by atoms with E-state index in [9.17, 15) is 9.00 Å². The van der Waals surface area contributed by atoms with Gasteiger partial charge >= 0.3 is 5.97 Å². The van der Waals surface area contributed by atoms with Gasteiger partial charge in [0.1, 0.15) is 0 Å². The fourth-order valence-corrected chi connectivity index (χ4v) is 3.65. The molecule has 0 heterocycles. The van der Waals surface area contributed by atoms with Crippen LogP contribution in [0.15, 0.2) is 41.3 Å². The Morgan fingerprint density at radius 1 is 1.19 bits per heavy atom. The predicted octanol–water partition coefficient (Wildman–Crippen LogP) is 3.96. The number of aromatic carboxylic acids is 1. The number of carboxylic acids is 1. The maximum atomic E-state index is 12.5. The molecule has 0 aromatic heterocycles. The number of carboxylic acid groups (broad SMARTS) is 1. The van der Waals surface area contributed by atoms with Crippen molar-refractivity contribution in [3.8, 4) is 0 Å². The molecule has 5 heteroatoms. The summed E-state index contributed by atoms with van der Waals surface area (Å²) in [5.74, 6) is -0.759. The molecule has 0 amide bonds. The summed E-state index contributed by atoms with van der Waals surface area (Å²) >= 11 is 5.83. The maximum Gasteiger partial charge on any atom is 0.337 e. The summed E-state index contributed by atoms with van der Waals surface area (Å²) in [7, 11) is -1.31. The van der Waals surface area contributed by atoms with E-state index >= 15 is 0 Å². The van der Waals surface area contributed by atoms with E-state index in [1.165, 1.54) is 12.1 Å². The van der Waals surface area contributed by atoms with Gasteiger partial charge in [0.15, 0.2) is 0 Å². The van der Waals surface area contributed by atoms with Gasteiger partial charge in [0.25, 0.3) is 0 Å². The van der Waals surface area contributed by atoms with Gasteiger partial charge in [0.2, 0.25) is 0 Å². The van der Waals surface area contributed by atoms with E-state index in [0.29, 0.717) is 10.6 Å². The number of carbonyl (C=O) groups is 1. The van der Waals surface area contributed by atoms with E-state index in [2.05, 4.69) is 0 Å². The van der Waals surface area contributed by atoms with Crippen LogP contribution < -0.4 is 0 Å². The monoisotopic (exact) mass is 322 g/mol. The molecule has 0 spiro atoms. The van der Waals surface area contributed by atoms with Crippen LogP contribution in [0, 0.1) is 13.8 Å². The first-order chi connectivity index (χ1) is 9.90. The summed E-state index contributed by atoms with van der Waals surface area (Å²) in [6.45, 7) is 3.95. The van der Waals surface area contributed by atoms with Crippen molar-refractivity contribution < 1.29 is 14.1 Å². The summed E-state index contributed by atoms with van der Waals surface area (Å²) in [5, 5.41) is 9.21. The topological polar surface area (TPSA) is 54.4 Å². The number of benzene rings is 2. The molecule has 2 aromatic rings. The third-order valence-electron chi connectivity index (χ3n) is 3.35. The molecule has 0 radical (unpaired) electrons. The Morgan fingerprint density at radius 3 is 2.38 bits per heavy atom. The standard InChI is InChI=1S/C16H15ClO3S/c1-10-4-3-5-11(2)14(10)9-21(20)12-6-7-15(17)13(8-12)16(18)19/h3-8H,9H2,1-2H3,(H,18,19). The van der Waals surface area contributed by atoms with Crippen LogP contribution in [-0.2, 0) is 16.6 Å². The highest BCUT2D eigenvalue weighted by Gasteiger charge is 2.14. The van der Waals surface area contributed by atoms with Crippen molar-refractivity contribution in [3.05, 3.63) is 63.7 Å². The highest BCUT2D eigenvalue weighted by molar-refractivity contribution is 7.84. The van der Waals surface area contributed by atoms with Gasteiger partial charge in [-0.25, -0.2) is 4.79 Å². The first-order valence-corrected chi connectivity index (χ1v) is 8.06. The molecular formula is C16H15ClO3S. The lowest BCUT2D eigenvalue weighted by molar-refractivity contribution is 0.0697. The van der Waals surface area contributed by atoms with Crippen LogP contribution in [0.1, 0.15) is 27.0 Å². The molecule has 0 bridgehead atoms. The molecule has 1 atom stereocenters. The average Bonchev–Trinajstić information content (AvgIpc) is 2.43. The van der Waals surface area contributed by atoms with E-state index in [1.807, 2.05) is 32.0 Å². The van der Waals surface area contributed by atoms with Gasteiger partial charge in [0.05, 0.1) is 27.1 Å². The summed E-state index contributed by atoms with van der Waals surface area (Å²) in [6.07, 6.45) is 0. The minimum Gasteiger partial charge on any atom is -0.478 e. The normalized spacial score (nSPS) is 12.1. The first-order valence-electron chi connectivity index (χ1n) is 6.36. The summed E-state index contributed by atoms with van der Waals surface area (Å²) in [5.41, 5.74) is 3.17. The van der Waals surface area contributed by atoms with Crippen molar-refractivity contribution in [2.24, 2.45) is 0 Å². The Labute approximate surface area is 131 Å². The highest BCUT2D eigenvalue weighted by Crippen LogP contribution is 2.23. The first kappa shape index (κ1) is 15.7. The molecule has 0 aliphatic carbocycles. The second-order valence-corrected chi connectivity index (χ2v) is 6.67. The molecule has 0 fully saturated rings. The Morgan fingerprint density at radius 2 is 1.81 bits per heavy atom. The van der Waals surface area contributed by atoms with Crippen molar-refractivity contribution in [1.29, 1.82) is 0 Å². The lowest BCUT2D eigenvalue weighted by Crippen LogP contribution is -2.03. The number of rotatable bonds is 4. The van der Waals surface area contributed by atoms with Gasteiger partial charge < -0.3 is 5.11 Å². The van der Waals surface area contributed by atoms with Crippen LogP contribution in [-0.4, -0.2) is 15.3 Å². The van der Waals surface area contributed by atoms with Crippen LogP contribution in [0.2, 0.25) is 5.02 Å². The van der Waals surface area contributed by atoms with Crippen LogP contribution in [0.5, 0.6) is 0 Å². The van der Waals surface area contributed by atoms with Crippen molar-refractivity contribution in [2.75, 3.05) is 0 Å². The van der Waals surface area contributed by atoms with Crippen LogP contribution >= 0.6 is 11.6 Å². The van der Waals surface area contributed by atoms with Crippen LogP contribution in [0.4, 0.5) is 0 Å². The Kier molecular flexibility index (Phi) is 4.80. The Balaban J connectivity index is 2.33. The SMILES string of the molecule is Cc1cccc(C)c1CS(=O)c1ccc(Cl)c(C(=O)O)c1. The zero-order valence-corrected chi connectivity index (χ0v) is 13.3. The van der Waals surface area contributed by atoms with Gasteiger partial charge in [0, 0.05) is 4.90 Å². The van der Waals surface area contributed by atoms with Crippen molar-refractivity contribution >= 4 is 28.4 Å². The minimum absolute atomic E-state index is 0.0241. The second-order valence-electron chi connectivity index (χ2n) is 4.81. The molecule has 2 rings (SSSR count).